The number of hydrogen-bond acceptors (Lipinski definition) is 4. The first-order valence-electron chi connectivity index (χ1n) is 7.36. The van der Waals surface area contributed by atoms with E-state index >= 15 is 0 Å². The lowest BCUT2D eigenvalue weighted by Crippen LogP contribution is -2.21. The average molecular weight is 342 g/mol. The number of methoxy groups -OCH3 is 1. The van der Waals surface area contributed by atoms with Crippen molar-refractivity contribution in [3.63, 3.8) is 0 Å². The third kappa shape index (κ3) is 3.74. The molecule has 0 aliphatic heterocycles. The highest BCUT2D eigenvalue weighted by Crippen LogP contribution is 2.27. The van der Waals surface area contributed by atoms with Gasteiger partial charge in [0.25, 0.3) is 5.91 Å². The van der Waals surface area contributed by atoms with Crippen molar-refractivity contribution >= 4 is 27.5 Å². The number of nitrogens with zero attached hydrogens (tertiary/aromatic N) is 1. The molecule has 0 aliphatic rings. The second-order valence-corrected chi connectivity index (χ2v) is 6.47. The van der Waals surface area contributed by atoms with Gasteiger partial charge >= 0.3 is 0 Å². The summed E-state index contributed by atoms with van der Waals surface area (Å²) in [6, 6.07) is 11.6. The van der Waals surface area contributed by atoms with E-state index < -0.39 is 0 Å². The number of amides is 1. The molecule has 24 heavy (non-hydrogen) atoms. The molecule has 0 radical (unpaired) electrons. The van der Waals surface area contributed by atoms with E-state index in [1.807, 2.05) is 50.2 Å². The van der Waals surface area contributed by atoms with Gasteiger partial charge < -0.3 is 10.1 Å². The van der Waals surface area contributed by atoms with Gasteiger partial charge in [0.1, 0.15) is 10.6 Å². The molecule has 0 bridgehead atoms. The molecule has 1 N–H and O–H groups in total. The largest absolute Gasteiger partial charge is 0.497 e. The van der Waals surface area contributed by atoms with Gasteiger partial charge in [0.05, 0.1) is 12.0 Å². The topological polar surface area (TPSA) is 51.2 Å². The van der Waals surface area contributed by atoms with E-state index in [-0.39, 0.29) is 13.3 Å². The molecule has 2 aromatic heterocycles. The highest BCUT2D eigenvalue weighted by Gasteiger charge is 2.12. The number of nitrogens with one attached hydrogen (secondary N) is 1. The van der Waals surface area contributed by atoms with Crippen molar-refractivity contribution in [1.82, 2.24) is 10.3 Å². The van der Waals surface area contributed by atoms with E-state index in [0.29, 0.717) is 11.4 Å². The maximum absolute atomic E-state index is 12.4. The highest BCUT2D eigenvalue weighted by molar-refractivity contribution is 7.20. The summed E-state index contributed by atoms with van der Waals surface area (Å²) in [6.07, 6.45) is 0. The number of fused-ring (bicyclic) bond motifs is 1. The van der Waals surface area contributed by atoms with Crippen LogP contribution in [0.1, 0.15) is 33.9 Å². The molecule has 0 spiro atoms. The molecule has 2 heterocycles. The number of ether oxygens (including phenoxy) is 1. The highest BCUT2D eigenvalue weighted by atomic mass is 32.1. The van der Waals surface area contributed by atoms with Crippen LogP contribution in [-0.4, -0.2) is 18.0 Å². The van der Waals surface area contributed by atoms with Crippen LogP contribution in [-0.2, 0) is 6.54 Å². The van der Waals surface area contributed by atoms with Crippen LogP contribution in [0.4, 0.5) is 0 Å². The van der Waals surface area contributed by atoms with Gasteiger partial charge in [-0.2, -0.15) is 0 Å². The minimum atomic E-state index is -0.0686. The van der Waals surface area contributed by atoms with E-state index in [0.717, 1.165) is 32.8 Å². The number of aryl methyl sites for hydroxylation is 2. The van der Waals surface area contributed by atoms with Gasteiger partial charge in [-0.15, -0.1) is 11.3 Å². The molecular formula is C19H22N2O2S. The third-order valence-electron chi connectivity index (χ3n) is 3.68. The number of benzene rings is 1. The summed E-state index contributed by atoms with van der Waals surface area (Å²) in [5.74, 6) is 0.738. The molecule has 4 nitrogen and oxygen atoms in total. The minimum Gasteiger partial charge on any atom is -0.497 e. The Hall–Kier alpha value is -2.40. The smallest absolute Gasteiger partial charge is 0.261 e. The predicted molar refractivity (Wildman–Crippen MR) is 100.0 cm³/mol. The lowest BCUT2D eigenvalue weighted by atomic mass is 10.2. The summed E-state index contributed by atoms with van der Waals surface area (Å²) in [5, 5.41) is 4.00. The fourth-order valence-electron chi connectivity index (χ4n) is 2.46. The van der Waals surface area contributed by atoms with Gasteiger partial charge in [-0.1, -0.05) is 19.6 Å². The summed E-state index contributed by atoms with van der Waals surface area (Å²) in [7, 11) is 1.63. The second kappa shape index (κ2) is 7.45. The summed E-state index contributed by atoms with van der Waals surface area (Å²) < 4.78 is 5.13. The van der Waals surface area contributed by atoms with Crippen LogP contribution in [0.25, 0.3) is 10.2 Å². The number of pyridine rings is 1. The van der Waals surface area contributed by atoms with E-state index in [4.69, 9.17) is 4.74 Å². The lowest BCUT2D eigenvalue weighted by Gasteiger charge is -2.05. The molecule has 0 aliphatic carbocycles. The Morgan fingerprint density at radius 3 is 2.58 bits per heavy atom. The van der Waals surface area contributed by atoms with Crippen LogP contribution >= 0.6 is 11.3 Å². The Bertz CT molecular complexity index is 854. The predicted octanol–water partition coefficient (Wildman–Crippen LogP) is 4.49. The maximum Gasteiger partial charge on any atom is 0.261 e. The van der Waals surface area contributed by atoms with Crippen molar-refractivity contribution in [2.24, 2.45) is 0 Å². The van der Waals surface area contributed by atoms with Crippen LogP contribution in [0, 0.1) is 13.8 Å². The summed E-state index contributed by atoms with van der Waals surface area (Å²) in [5.41, 5.74) is 3.16. The average Bonchev–Trinajstić information content (AvgIpc) is 2.97. The quantitative estimate of drug-likeness (QED) is 0.760. The third-order valence-corrected chi connectivity index (χ3v) is 4.70. The normalized spacial score (nSPS) is 10.3. The van der Waals surface area contributed by atoms with E-state index in [2.05, 4.69) is 10.3 Å². The molecule has 1 aromatic carbocycles. The maximum atomic E-state index is 12.4. The monoisotopic (exact) mass is 342 g/mol. The summed E-state index contributed by atoms with van der Waals surface area (Å²) in [6.45, 7) is 4.50. The van der Waals surface area contributed by atoms with Crippen LogP contribution in [0.3, 0.4) is 0 Å². The first-order valence-corrected chi connectivity index (χ1v) is 8.17. The zero-order valence-corrected chi connectivity index (χ0v) is 14.2. The fourth-order valence-corrected chi connectivity index (χ4v) is 3.52. The van der Waals surface area contributed by atoms with Gasteiger partial charge in [0.15, 0.2) is 0 Å². The molecular weight excluding hydrogens is 320 g/mol. The number of rotatable bonds is 4. The van der Waals surface area contributed by atoms with Crippen molar-refractivity contribution in [1.29, 1.82) is 0 Å². The first kappa shape index (κ1) is 17.9. The van der Waals surface area contributed by atoms with Crippen LogP contribution < -0.4 is 10.1 Å². The Labute approximate surface area is 146 Å². The molecule has 1 amide bonds. The Morgan fingerprint density at radius 1 is 1.21 bits per heavy atom. The van der Waals surface area contributed by atoms with Gasteiger partial charge in [-0.3, -0.25) is 4.79 Å². The van der Waals surface area contributed by atoms with E-state index in [1.54, 1.807) is 7.11 Å². The summed E-state index contributed by atoms with van der Waals surface area (Å²) >= 11 is 1.43. The minimum absolute atomic E-state index is 0. The standard InChI is InChI=1S/C18H18N2O2S.CH4/c1-11-8-12(2)20-18-15(11)9-16(23-18)17(21)19-10-13-4-6-14(22-3)7-5-13;/h4-9H,10H2,1-3H3,(H,19,21);1H4. The van der Waals surface area contributed by atoms with Crippen LogP contribution in [0.2, 0.25) is 0 Å². The van der Waals surface area contributed by atoms with Gasteiger partial charge in [0.2, 0.25) is 0 Å². The first-order chi connectivity index (χ1) is 11.1. The molecule has 0 unspecified atom stereocenters. The Morgan fingerprint density at radius 2 is 1.92 bits per heavy atom. The molecule has 3 rings (SSSR count). The lowest BCUT2D eigenvalue weighted by molar-refractivity contribution is 0.0955. The van der Waals surface area contributed by atoms with Crippen molar-refractivity contribution in [3.05, 3.63) is 58.1 Å². The molecule has 0 saturated carbocycles. The van der Waals surface area contributed by atoms with E-state index in [9.17, 15) is 4.79 Å². The number of carbonyl (C=O) groups is 1. The van der Waals surface area contributed by atoms with Crippen LogP contribution in [0.15, 0.2) is 36.4 Å². The number of carbonyl (C=O) groups excluding carboxylic acids is 1. The Kier molecular flexibility index (Phi) is 5.57. The van der Waals surface area contributed by atoms with Crippen molar-refractivity contribution in [3.8, 4) is 5.75 Å². The number of hydrogen-bond donors (Lipinski definition) is 1. The molecule has 0 saturated heterocycles. The number of aromatic nitrogens is 1. The SMILES string of the molecule is C.COc1ccc(CNC(=O)c2cc3c(C)cc(C)nc3s2)cc1. The molecule has 5 heteroatoms. The molecule has 0 atom stereocenters. The van der Waals surface area contributed by atoms with Crippen molar-refractivity contribution in [2.75, 3.05) is 7.11 Å². The van der Waals surface area contributed by atoms with Gasteiger partial charge in [-0.25, -0.2) is 4.98 Å². The molecule has 3 aromatic rings. The second-order valence-electron chi connectivity index (χ2n) is 5.44. The zero-order valence-electron chi connectivity index (χ0n) is 13.3. The summed E-state index contributed by atoms with van der Waals surface area (Å²) in [4.78, 5) is 18.5. The van der Waals surface area contributed by atoms with Gasteiger partial charge in [0, 0.05) is 17.6 Å². The van der Waals surface area contributed by atoms with E-state index in [1.165, 1.54) is 11.3 Å². The van der Waals surface area contributed by atoms with Gasteiger partial charge in [-0.05, 0) is 49.2 Å². The van der Waals surface area contributed by atoms with Crippen molar-refractivity contribution in [2.45, 2.75) is 27.8 Å². The van der Waals surface area contributed by atoms with Crippen molar-refractivity contribution < 1.29 is 9.53 Å². The zero-order chi connectivity index (χ0) is 16.4. The number of thiophene rings is 1. The fraction of sp³-hybridized carbons (Fsp3) is 0.263. The molecule has 126 valence electrons. The van der Waals surface area contributed by atoms with Crippen LogP contribution in [0.5, 0.6) is 5.75 Å². The molecule has 0 fully saturated rings. The Balaban J connectivity index is 0.00000208.